The minimum absolute atomic E-state index is 0.0977. The van der Waals surface area contributed by atoms with Crippen LogP contribution in [0.1, 0.15) is 43.7 Å². The first-order valence-electron chi connectivity index (χ1n) is 6.03. The standard InChI is InChI=1S/C11H19N5O/c1-6-3-7(2)5-8(4-6)13-10(17)9-14-11(12)16-15-9/h6-8H,3-5H2,1-2H3,(H,13,17)(H3,12,14,15,16). The summed E-state index contributed by atoms with van der Waals surface area (Å²) < 4.78 is 0. The van der Waals surface area contributed by atoms with E-state index in [2.05, 4.69) is 34.3 Å². The molecule has 0 radical (unpaired) electrons. The highest BCUT2D eigenvalue weighted by Crippen LogP contribution is 2.28. The van der Waals surface area contributed by atoms with Crippen LogP contribution in [-0.2, 0) is 0 Å². The molecule has 2 atom stereocenters. The van der Waals surface area contributed by atoms with E-state index in [0.717, 1.165) is 12.8 Å². The topological polar surface area (TPSA) is 96.7 Å². The van der Waals surface area contributed by atoms with Crippen molar-refractivity contribution in [3.8, 4) is 0 Å². The second kappa shape index (κ2) is 4.73. The highest BCUT2D eigenvalue weighted by Gasteiger charge is 2.26. The van der Waals surface area contributed by atoms with E-state index in [4.69, 9.17) is 5.73 Å². The summed E-state index contributed by atoms with van der Waals surface area (Å²) in [6.07, 6.45) is 3.29. The number of amides is 1. The molecule has 2 rings (SSSR count). The molecule has 0 spiro atoms. The minimum Gasteiger partial charge on any atom is -0.366 e. The average Bonchev–Trinajstić information content (AvgIpc) is 2.63. The van der Waals surface area contributed by atoms with Gasteiger partial charge in [0.25, 0.3) is 5.91 Å². The van der Waals surface area contributed by atoms with Crippen molar-refractivity contribution in [2.45, 2.75) is 39.2 Å². The fourth-order valence-corrected chi connectivity index (χ4v) is 2.69. The van der Waals surface area contributed by atoms with E-state index in [1.165, 1.54) is 6.42 Å². The van der Waals surface area contributed by atoms with Crippen LogP contribution in [0.15, 0.2) is 0 Å². The summed E-state index contributed by atoms with van der Waals surface area (Å²) in [7, 11) is 0. The largest absolute Gasteiger partial charge is 0.366 e. The summed E-state index contributed by atoms with van der Waals surface area (Å²) in [5, 5.41) is 9.14. The van der Waals surface area contributed by atoms with Crippen LogP contribution in [0.2, 0.25) is 0 Å². The van der Waals surface area contributed by atoms with Crippen LogP contribution >= 0.6 is 0 Å². The third kappa shape index (κ3) is 2.95. The van der Waals surface area contributed by atoms with Gasteiger partial charge in [-0.05, 0) is 31.1 Å². The molecule has 1 aliphatic rings. The molecule has 17 heavy (non-hydrogen) atoms. The summed E-state index contributed by atoms with van der Waals surface area (Å²) in [5.74, 6) is 1.38. The molecular weight excluding hydrogens is 218 g/mol. The maximum absolute atomic E-state index is 11.8. The van der Waals surface area contributed by atoms with Crippen molar-refractivity contribution in [1.29, 1.82) is 0 Å². The van der Waals surface area contributed by atoms with E-state index in [-0.39, 0.29) is 23.7 Å². The van der Waals surface area contributed by atoms with Crippen LogP contribution in [0.4, 0.5) is 5.95 Å². The number of aromatic nitrogens is 3. The zero-order chi connectivity index (χ0) is 12.4. The van der Waals surface area contributed by atoms with Gasteiger partial charge >= 0.3 is 0 Å². The number of hydrogen-bond donors (Lipinski definition) is 3. The van der Waals surface area contributed by atoms with Gasteiger partial charge in [-0.1, -0.05) is 13.8 Å². The van der Waals surface area contributed by atoms with E-state index in [0.29, 0.717) is 11.8 Å². The Morgan fingerprint density at radius 3 is 2.53 bits per heavy atom. The number of hydrogen-bond acceptors (Lipinski definition) is 4. The van der Waals surface area contributed by atoms with E-state index >= 15 is 0 Å². The van der Waals surface area contributed by atoms with Crippen LogP contribution in [-0.4, -0.2) is 27.1 Å². The average molecular weight is 237 g/mol. The Hall–Kier alpha value is -1.59. The van der Waals surface area contributed by atoms with Gasteiger partial charge in [0, 0.05) is 6.04 Å². The number of nitrogen functional groups attached to an aromatic ring is 1. The van der Waals surface area contributed by atoms with Crippen molar-refractivity contribution in [3.63, 3.8) is 0 Å². The molecule has 4 N–H and O–H groups in total. The number of rotatable bonds is 2. The Kier molecular flexibility index (Phi) is 3.31. The zero-order valence-electron chi connectivity index (χ0n) is 10.2. The van der Waals surface area contributed by atoms with Gasteiger partial charge in [0.05, 0.1) is 0 Å². The van der Waals surface area contributed by atoms with Crippen molar-refractivity contribution in [3.05, 3.63) is 5.82 Å². The molecule has 6 nitrogen and oxygen atoms in total. The lowest BCUT2D eigenvalue weighted by molar-refractivity contribution is 0.0901. The molecule has 6 heteroatoms. The van der Waals surface area contributed by atoms with E-state index < -0.39 is 0 Å². The fourth-order valence-electron chi connectivity index (χ4n) is 2.69. The molecule has 1 aromatic rings. The normalized spacial score (nSPS) is 28.9. The third-order valence-electron chi connectivity index (χ3n) is 3.23. The van der Waals surface area contributed by atoms with Gasteiger partial charge in [0.1, 0.15) is 0 Å². The lowest BCUT2D eigenvalue weighted by Crippen LogP contribution is -2.40. The Bertz CT molecular complexity index is 392. The number of carbonyl (C=O) groups is 1. The van der Waals surface area contributed by atoms with Gasteiger partial charge in [-0.2, -0.15) is 4.98 Å². The molecule has 1 aliphatic carbocycles. The Morgan fingerprint density at radius 2 is 2.00 bits per heavy atom. The first-order chi connectivity index (χ1) is 8.04. The summed E-state index contributed by atoms with van der Waals surface area (Å²) >= 11 is 0. The summed E-state index contributed by atoms with van der Waals surface area (Å²) in [5.41, 5.74) is 5.36. The van der Waals surface area contributed by atoms with Crippen molar-refractivity contribution in [1.82, 2.24) is 20.5 Å². The maximum Gasteiger partial charge on any atom is 0.288 e. The predicted octanol–water partition coefficient (Wildman–Crippen LogP) is 0.941. The monoisotopic (exact) mass is 237 g/mol. The number of nitrogens with one attached hydrogen (secondary N) is 2. The molecule has 0 saturated heterocycles. The molecule has 1 heterocycles. The molecule has 0 aliphatic heterocycles. The van der Waals surface area contributed by atoms with Crippen molar-refractivity contribution in [2.24, 2.45) is 11.8 Å². The number of nitrogens with two attached hydrogens (primary N) is 1. The third-order valence-corrected chi connectivity index (χ3v) is 3.23. The molecule has 94 valence electrons. The Labute approximate surface area is 100 Å². The van der Waals surface area contributed by atoms with Crippen LogP contribution in [0.25, 0.3) is 0 Å². The maximum atomic E-state index is 11.8. The number of H-pyrrole nitrogens is 1. The number of carbonyl (C=O) groups excluding carboxylic acids is 1. The molecule has 0 aromatic carbocycles. The van der Waals surface area contributed by atoms with Crippen molar-refractivity contribution in [2.75, 3.05) is 5.73 Å². The lowest BCUT2D eigenvalue weighted by atomic mass is 9.80. The molecule has 1 aromatic heterocycles. The number of aromatic amines is 1. The van der Waals surface area contributed by atoms with Crippen molar-refractivity contribution < 1.29 is 4.79 Å². The van der Waals surface area contributed by atoms with Crippen LogP contribution in [0.5, 0.6) is 0 Å². The first kappa shape index (κ1) is 11.9. The Morgan fingerprint density at radius 1 is 1.35 bits per heavy atom. The lowest BCUT2D eigenvalue weighted by Gasteiger charge is -2.31. The summed E-state index contributed by atoms with van der Waals surface area (Å²) in [6, 6.07) is 0.229. The van der Waals surface area contributed by atoms with Crippen molar-refractivity contribution >= 4 is 11.9 Å². The van der Waals surface area contributed by atoms with E-state index in [1.807, 2.05) is 0 Å². The van der Waals surface area contributed by atoms with Crippen LogP contribution < -0.4 is 11.1 Å². The second-order valence-corrected chi connectivity index (χ2v) is 5.13. The van der Waals surface area contributed by atoms with Gasteiger partial charge in [0.15, 0.2) is 0 Å². The van der Waals surface area contributed by atoms with E-state index in [9.17, 15) is 4.79 Å². The highest BCUT2D eigenvalue weighted by atomic mass is 16.2. The van der Waals surface area contributed by atoms with E-state index in [1.54, 1.807) is 0 Å². The smallest absolute Gasteiger partial charge is 0.288 e. The zero-order valence-corrected chi connectivity index (χ0v) is 10.2. The summed E-state index contributed by atoms with van der Waals surface area (Å²) in [4.78, 5) is 15.7. The van der Waals surface area contributed by atoms with Gasteiger partial charge < -0.3 is 11.1 Å². The predicted molar refractivity (Wildman–Crippen MR) is 64.2 cm³/mol. The molecule has 1 saturated carbocycles. The SMILES string of the molecule is CC1CC(C)CC(NC(=O)c2nc(N)n[nH]2)C1. The molecule has 0 bridgehead atoms. The van der Waals surface area contributed by atoms with Crippen LogP contribution in [0.3, 0.4) is 0 Å². The molecular formula is C11H19N5O. The minimum atomic E-state index is -0.222. The fraction of sp³-hybridized carbons (Fsp3) is 0.727. The quantitative estimate of drug-likeness (QED) is 0.713. The van der Waals surface area contributed by atoms with Gasteiger partial charge in [-0.15, -0.1) is 5.10 Å². The second-order valence-electron chi connectivity index (χ2n) is 5.13. The Balaban J connectivity index is 1.94. The molecule has 1 fully saturated rings. The van der Waals surface area contributed by atoms with Gasteiger partial charge in [0.2, 0.25) is 11.8 Å². The molecule has 1 amide bonds. The highest BCUT2D eigenvalue weighted by molar-refractivity contribution is 5.90. The number of anilines is 1. The van der Waals surface area contributed by atoms with Crippen LogP contribution in [0, 0.1) is 11.8 Å². The summed E-state index contributed by atoms with van der Waals surface area (Å²) in [6.45, 7) is 4.45. The molecule has 2 unspecified atom stereocenters. The van der Waals surface area contributed by atoms with Gasteiger partial charge in [-0.3, -0.25) is 9.89 Å². The van der Waals surface area contributed by atoms with Gasteiger partial charge in [-0.25, -0.2) is 0 Å². The number of nitrogens with zero attached hydrogens (tertiary/aromatic N) is 2. The first-order valence-corrected chi connectivity index (χ1v) is 6.03.